The summed E-state index contributed by atoms with van der Waals surface area (Å²) in [6.07, 6.45) is 2.08. The van der Waals surface area contributed by atoms with Crippen LogP contribution in [0.25, 0.3) is 0 Å². The molecule has 0 heterocycles. The lowest BCUT2D eigenvalue weighted by Crippen LogP contribution is -2.27. The van der Waals surface area contributed by atoms with E-state index in [0.717, 1.165) is 13.4 Å². The van der Waals surface area contributed by atoms with Crippen molar-refractivity contribution in [3.63, 3.8) is 0 Å². The fourth-order valence-electron chi connectivity index (χ4n) is 3.90. The number of benzene rings is 1. The van der Waals surface area contributed by atoms with Gasteiger partial charge in [-0.3, -0.25) is 18.5 Å². The second kappa shape index (κ2) is 24.6. The van der Waals surface area contributed by atoms with Crippen LogP contribution in [0.2, 0.25) is 0 Å². The molecule has 50 heavy (non-hydrogen) atoms. The minimum Gasteiger partial charge on any atom is -0.491 e. The van der Waals surface area contributed by atoms with Gasteiger partial charge in [0.25, 0.3) is 36.3 Å². The first-order chi connectivity index (χ1) is 23.5. The van der Waals surface area contributed by atoms with Crippen molar-refractivity contribution in [3.05, 3.63) is 16.7 Å². The molecule has 1 amide bonds. The summed E-state index contributed by atoms with van der Waals surface area (Å²) in [6.45, 7) is -1.37. The third kappa shape index (κ3) is 20.2. The van der Waals surface area contributed by atoms with E-state index in [1.807, 2.05) is 0 Å². The summed E-state index contributed by atoms with van der Waals surface area (Å²) in [4.78, 5) is 24.4. The lowest BCUT2D eigenvalue weighted by Gasteiger charge is -2.23. The molecule has 0 aliphatic carbocycles. The molecule has 0 aliphatic rings. The maximum Gasteiger partial charge on any atom is 0.264 e. The van der Waals surface area contributed by atoms with Gasteiger partial charge in [-0.15, -0.1) is 0 Å². The molecule has 1 rings (SSSR count). The first-order valence-electron chi connectivity index (χ1n) is 15.1. The van der Waals surface area contributed by atoms with Crippen LogP contribution in [-0.4, -0.2) is 120 Å². The van der Waals surface area contributed by atoms with Crippen molar-refractivity contribution in [3.8, 4) is 40.9 Å². The average molecular weight is 772 g/mol. The van der Waals surface area contributed by atoms with Gasteiger partial charge in [0.15, 0.2) is 17.2 Å². The zero-order chi connectivity index (χ0) is 38.2. The van der Waals surface area contributed by atoms with Gasteiger partial charge in [-0.05, 0) is 32.1 Å². The number of carbonyl (C=O) groups is 2. The van der Waals surface area contributed by atoms with E-state index in [1.54, 1.807) is 0 Å². The molecule has 0 spiro atoms. The molecule has 0 atom stereocenters. The predicted molar refractivity (Wildman–Crippen MR) is 183 cm³/mol. The largest absolute Gasteiger partial charge is 0.491 e. The van der Waals surface area contributed by atoms with Gasteiger partial charge in [-0.1, -0.05) is 30.1 Å². The summed E-state index contributed by atoms with van der Waals surface area (Å²) in [6, 6.07) is 0. The van der Waals surface area contributed by atoms with Gasteiger partial charge >= 0.3 is 0 Å². The van der Waals surface area contributed by atoms with Crippen molar-refractivity contribution in [1.82, 2.24) is 5.32 Å². The van der Waals surface area contributed by atoms with Crippen LogP contribution < -0.4 is 31.0 Å². The van der Waals surface area contributed by atoms with Gasteiger partial charge in [-0.2, -0.15) is 25.3 Å². The number of amides is 1. The topological polar surface area (TPSA) is 309 Å². The minimum atomic E-state index is -4.38. The fourth-order valence-corrected chi connectivity index (χ4v) is 5.34. The summed E-state index contributed by atoms with van der Waals surface area (Å²) in [5.41, 5.74) is 10.7. The minimum absolute atomic E-state index is 0.123. The summed E-state index contributed by atoms with van der Waals surface area (Å²) in [5, 5.41) is 9.70. The normalized spacial score (nSPS) is 11.1. The Morgan fingerprint density at radius 3 is 1.44 bits per heavy atom. The average Bonchev–Trinajstić information content (AvgIpc) is 3.03. The van der Waals surface area contributed by atoms with E-state index in [-0.39, 0.29) is 92.7 Å². The maximum atomic E-state index is 13.8. The Kier molecular flexibility index (Phi) is 22.9. The molecule has 284 valence electrons. The molecule has 1 aromatic carbocycles. The highest BCUT2D eigenvalue weighted by atomic mass is 32.2. The van der Waals surface area contributed by atoms with E-state index in [9.17, 15) is 43.9 Å². The van der Waals surface area contributed by atoms with Crippen molar-refractivity contribution >= 4 is 42.5 Å². The number of rotatable bonds is 22. The van der Waals surface area contributed by atoms with Gasteiger partial charge in [0.05, 0.1) is 50.2 Å². The third-order valence-electron chi connectivity index (χ3n) is 5.88. The zero-order valence-corrected chi connectivity index (χ0v) is 30.0. The van der Waals surface area contributed by atoms with Crippen molar-refractivity contribution < 1.29 is 67.8 Å². The Balaban J connectivity index is 0.0000118. The highest BCUT2D eigenvalue weighted by Crippen LogP contribution is 2.44. The highest BCUT2D eigenvalue weighted by Gasteiger charge is 2.31. The monoisotopic (exact) mass is 771 g/mol. The van der Waals surface area contributed by atoms with Crippen molar-refractivity contribution in [1.29, 1.82) is 0 Å². The summed E-state index contributed by atoms with van der Waals surface area (Å²) >= 11 is 0. The Morgan fingerprint density at radius 2 is 1.08 bits per heavy atom. The van der Waals surface area contributed by atoms with E-state index >= 15 is 0 Å². The van der Waals surface area contributed by atoms with E-state index < -0.39 is 53.5 Å². The molecule has 0 radical (unpaired) electrons. The first-order valence-corrected chi connectivity index (χ1v) is 19.9. The smallest absolute Gasteiger partial charge is 0.264 e. The van der Waals surface area contributed by atoms with Crippen LogP contribution in [0.4, 0.5) is 0 Å². The quantitative estimate of drug-likeness (QED) is 0.0334. The number of hydrogen-bond acceptors (Lipinski definition) is 14. The van der Waals surface area contributed by atoms with Crippen LogP contribution in [0.1, 0.15) is 66.4 Å². The number of ether oxygens (including phenoxy) is 3. The van der Waals surface area contributed by atoms with Crippen LogP contribution in [0.5, 0.6) is 17.2 Å². The molecular formula is C29H45N3O15S3. The number of carbonyl (C=O) groups excluding carboxylic acids is 2. The molecule has 0 fully saturated rings. The lowest BCUT2D eigenvalue weighted by molar-refractivity contribution is -0.107. The number of aldehydes is 1. The van der Waals surface area contributed by atoms with Gasteiger partial charge in [0.1, 0.15) is 23.0 Å². The molecular weight excluding hydrogens is 727 g/mol. The second-order valence-corrected chi connectivity index (χ2v) is 14.6. The van der Waals surface area contributed by atoms with Crippen LogP contribution in [0.3, 0.4) is 0 Å². The highest BCUT2D eigenvalue weighted by molar-refractivity contribution is 7.86. The maximum absolute atomic E-state index is 13.8. The molecule has 0 aromatic heterocycles. The molecule has 9 N–H and O–H groups in total. The SMILES string of the molecule is CO.NCC#Cc1c(OCCCS(=O)(=O)O)c(C#CCN)c(OCCCS(=O)(=O)O)c(C(=O)NCCCCCC=O)c1OCCCS(=O)(=O)O. The van der Waals surface area contributed by atoms with Gasteiger partial charge in [0.2, 0.25) is 0 Å². The molecule has 21 heteroatoms. The summed E-state index contributed by atoms with van der Waals surface area (Å²) in [7, 11) is -12.1. The molecule has 0 saturated heterocycles. The van der Waals surface area contributed by atoms with E-state index in [2.05, 4.69) is 29.0 Å². The number of unbranched alkanes of at least 4 members (excludes halogenated alkanes) is 3. The third-order valence-corrected chi connectivity index (χ3v) is 8.30. The number of nitrogens with one attached hydrogen (secondary N) is 1. The molecule has 0 bridgehead atoms. The number of hydrogen-bond donors (Lipinski definition) is 7. The van der Waals surface area contributed by atoms with Crippen LogP contribution in [0.15, 0.2) is 0 Å². The summed E-state index contributed by atoms with van der Waals surface area (Å²) < 4.78 is 113. The standard InChI is InChI=1S/C28H41N3O14S3.CH4O/c29-12-5-10-22-25(43-16-7-19-46(34,35)36)23(11-6-13-30)27(45-18-9-21-48(40,41)42)24(26(22)44-17-8-20-47(37,38)39)28(33)31-14-3-1-2-4-15-32;1-2/h15H,1-4,7-9,12-14,16-21,29-30H2,(H,31,33)(H,34,35,36)(H,37,38,39)(H,40,41,42);2H,1H3. The molecule has 18 nitrogen and oxygen atoms in total. The van der Waals surface area contributed by atoms with Crippen LogP contribution in [-0.2, 0) is 35.1 Å². The fraction of sp³-hybridized carbons (Fsp3) is 0.586. The van der Waals surface area contributed by atoms with Gasteiger partial charge < -0.3 is 40.9 Å². The molecule has 1 aromatic rings. The zero-order valence-electron chi connectivity index (χ0n) is 27.6. The van der Waals surface area contributed by atoms with E-state index in [0.29, 0.717) is 25.7 Å². The lowest BCUT2D eigenvalue weighted by atomic mass is 9.99. The van der Waals surface area contributed by atoms with E-state index in [1.165, 1.54) is 0 Å². The number of aliphatic hydroxyl groups is 1. The Morgan fingerprint density at radius 1 is 0.680 bits per heavy atom. The van der Waals surface area contributed by atoms with Gasteiger partial charge in [-0.25, -0.2) is 0 Å². The Labute approximate surface area is 292 Å². The predicted octanol–water partition coefficient (Wildman–Crippen LogP) is -0.625. The van der Waals surface area contributed by atoms with Crippen LogP contribution in [0, 0.1) is 23.7 Å². The number of nitrogens with two attached hydrogens (primary N) is 2. The summed E-state index contributed by atoms with van der Waals surface area (Å²) in [5.74, 6) is 7.04. The molecule has 0 saturated carbocycles. The van der Waals surface area contributed by atoms with Crippen LogP contribution >= 0.6 is 0 Å². The molecule has 0 unspecified atom stereocenters. The van der Waals surface area contributed by atoms with Crippen molar-refractivity contribution in [2.45, 2.75) is 44.9 Å². The van der Waals surface area contributed by atoms with Crippen molar-refractivity contribution in [2.24, 2.45) is 11.5 Å². The number of aliphatic hydroxyl groups excluding tert-OH is 1. The van der Waals surface area contributed by atoms with Crippen molar-refractivity contribution in [2.75, 3.05) is 63.8 Å². The second-order valence-electron chi connectivity index (χ2n) is 9.86. The first kappa shape index (κ1) is 46.5. The Hall–Kier alpha value is -3.51. The van der Waals surface area contributed by atoms with Gasteiger partial charge in [0, 0.05) is 20.1 Å². The molecule has 0 aliphatic heterocycles. The van der Waals surface area contributed by atoms with E-state index in [4.69, 9.17) is 35.3 Å². The Bertz CT molecular complexity index is 1600.